The van der Waals surface area contributed by atoms with E-state index in [4.69, 9.17) is 10.8 Å². The molecule has 1 aromatic carbocycles. The molecule has 8 nitrogen and oxygen atoms in total. The van der Waals surface area contributed by atoms with Crippen molar-refractivity contribution in [2.24, 2.45) is 0 Å². The molecule has 162 valence electrons. The van der Waals surface area contributed by atoms with Crippen LogP contribution in [0.15, 0.2) is 67.0 Å². The van der Waals surface area contributed by atoms with Crippen LogP contribution in [0.3, 0.4) is 0 Å². The second kappa shape index (κ2) is 8.97. The number of nitrogens with zero attached hydrogens (tertiary/aromatic N) is 5. The van der Waals surface area contributed by atoms with Crippen LogP contribution in [0.4, 0.5) is 16.3 Å². The summed E-state index contributed by atoms with van der Waals surface area (Å²) in [4.78, 5) is 26.7. The first-order valence-corrected chi connectivity index (χ1v) is 10.4. The van der Waals surface area contributed by atoms with Crippen molar-refractivity contribution in [3.8, 4) is 11.1 Å². The van der Waals surface area contributed by atoms with Crippen molar-refractivity contribution in [2.75, 3.05) is 22.9 Å². The van der Waals surface area contributed by atoms with E-state index in [0.29, 0.717) is 24.6 Å². The Morgan fingerprint density at radius 1 is 1.03 bits per heavy atom. The summed E-state index contributed by atoms with van der Waals surface area (Å²) in [7, 11) is 0. The third-order valence-corrected chi connectivity index (χ3v) is 5.39. The number of aromatic nitrogens is 2. The molecule has 2 amide bonds. The number of rotatable bonds is 6. The lowest BCUT2D eigenvalue weighted by atomic mass is 10.1. The fourth-order valence-corrected chi connectivity index (χ4v) is 3.70. The van der Waals surface area contributed by atoms with Gasteiger partial charge in [0.2, 0.25) is 0 Å². The van der Waals surface area contributed by atoms with E-state index in [0.717, 1.165) is 23.2 Å². The zero-order chi connectivity index (χ0) is 22.7. The van der Waals surface area contributed by atoms with Crippen molar-refractivity contribution >= 4 is 29.7 Å². The topological polar surface area (TPSA) is 100 Å². The van der Waals surface area contributed by atoms with Crippen molar-refractivity contribution in [3.05, 3.63) is 72.7 Å². The molecular formula is C24H25N7O. The lowest BCUT2D eigenvalue weighted by molar-refractivity contribution is 0.255. The highest BCUT2D eigenvalue weighted by molar-refractivity contribution is 6.06. The number of urea groups is 1. The summed E-state index contributed by atoms with van der Waals surface area (Å²) in [5, 5.41) is 16.0. The Morgan fingerprint density at radius 2 is 1.75 bits per heavy atom. The summed E-state index contributed by atoms with van der Waals surface area (Å²) in [6.45, 7) is 4.86. The average Bonchev–Trinajstić information content (AvgIpc) is 3.21. The SMILES string of the molecule is CC(C)N(C=N)C(=N)c1cccc(N2CCN(c3cccc(-c4ccncc4)c3)C2=O)n1. The smallest absolute Gasteiger partial charge is 0.314 e. The van der Waals surface area contributed by atoms with Gasteiger partial charge in [-0.1, -0.05) is 18.2 Å². The van der Waals surface area contributed by atoms with Gasteiger partial charge in [0.15, 0.2) is 5.84 Å². The summed E-state index contributed by atoms with van der Waals surface area (Å²) < 4.78 is 0. The number of carbonyl (C=O) groups is 1. The Balaban J connectivity index is 1.57. The van der Waals surface area contributed by atoms with Crippen LogP contribution in [-0.4, -0.2) is 52.2 Å². The number of anilines is 2. The van der Waals surface area contributed by atoms with Gasteiger partial charge in [-0.15, -0.1) is 0 Å². The van der Waals surface area contributed by atoms with Gasteiger partial charge in [-0.2, -0.15) is 0 Å². The first-order valence-electron chi connectivity index (χ1n) is 10.4. The van der Waals surface area contributed by atoms with Crippen molar-refractivity contribution in [1.29, 1.82) is 10.8 Å². The maximum atomic E-state index is 13.2. The van der Waals surface area contributed by atoms with Gasteiger partial charge in [-0.05, 0) is 61.4 Å². The maximum absolute atomic E-state index is 13.2. The molecule has 0 saturated carbocycles. The Hall–Kier alpha value is -4.07. The van der Waals surface area contributed by atoms with Gasteiger partial charge in [-0.25, -0.2) is 9.78 Å². The molecule has 0 unspecified atom stereocenters. The number of nitrogens with one attached hydrogen (secondary N) is 2. The highest BCUT2D eigenvalue weighted by Crippen LogP contribution is 2.28. The van der Waals surface area contributed by atoms with Crippen LogP contribution < -0.4 is 9.80 Å². The third kappa shape index (κ3) is 4.07. The molecule has 1 aliphatic heterocycles. The molecule has 0 bridgehead atoms. The molecule has 1 saturated heterocycles. The molecule has 3 heterocycles. The van der Waals surface area contributed by atoms with E-state index in [9.17, 15) is 4.79 Å². The summed E-state index contributed by atoms with van der Waals surface area (Å²) in [5.41, 5.74) is 3.31. The average molecular weight is 428 g/mol. The van der Waals surface area contributed by atoms with Crippen molar-refractivity contribution in [2.45, 2.75) is 19.9 Å². The summed E-state index contributed by atoms with van der Waals surface area (Å²) in [6.07, 6.45) is 4.62. The first-order chi connectivity index (χ1) is 15.5. The molecule has 2 aromatic heterocycles. The van der Waals surface area contributed by atoms with Crippen molar-refractivity contribution < 1.29 is 4.79 Å². The summed E-state index contributed by atoms with van der Waals surface area (Å²) >= 11 is 0. The Labute approximate surface area is 187 Å². The minimum Gasteiger partial charge on any atom is -0.314 e. The van der Waals surface area contributed by atoms with Gasteiger partial charge >= 0.3 is 6.03 Å². The molecule has 0 radical (unpaired) electrons. The fourth-order valence-electron chi connectivity index (χ4n) is 3.70. The zero-order valence-corrected chi connectivity index (χ0v) is 18.1. The number of amidine groups is 1. The predicted octanol–water partition coefficient (Wildman–Crippen LogP) is 4.23. The van der Waals surface area contributed by atoms with Gasteiger partial charge in [0.25, 0.3) is 0 Å². The number of pyridine rings is 2. The third-order valence-electron chi connectivity index (χ3n) is 5.39. The Kier molecular flexibility index (Phi) is 5.93. The number of amides is 2. The standard InChI is InChI=1S/C24H25N7O/c1-17(2)31(16-25)23(26)21-7-4-8-22(28-21)30-14-13-29(24(30)32)20-6-3-5-19(15-20)18-9-11-27-12-10-18/h3-12,15-17,25-26H,13-14H2,1-2H3. The van der Waals surface area contributed by atoms with Crippen LogP contribution >= 0.6 is 0 Å². The number of hydrogen-bond acceptors (Lipinski definition) is 5. The molecule has 1 aliphatic rings. The number of hydrogen-bond donors (Lipinski definition) is 2. The molecule has 0 spiro atoms. The van der Waals surface area contributed by atoms with Gasteiger partial charge in [0, 0.05) is 37.2 Å². The first kappa shape index (κ1) is 21.2. The van der Waals surface area contributed by atoms with Crippen molar-refractivity contribution in [3.63, 3.8) is 0 Å². The minimum atomic E-state index is -0.152. The van der Waals surface area contributed by atoms with Gasteiger partial charge < -0.3 is 4.90 Å². The van der Waals surface area contributed by atoms with Gasteiger partial charge in [-0.3, -0.25) is 25.6 Å². The molecule has 0 atom stereocenters. The van der Waals surface area contributed by atoms with Crippen LogP contribution in [0, 0.1) is 10.8 Å². The largest absolute Gasteiger partial charge is 0.330 e. The van der Waals surface area contributed by atoms with Gasteiger partial charge in [0.05, 0.1) is 6.34 Å². The van der Waals surface area contributed by atoms with Crippen LogP contribution in [0.2, 0.25) is 0 Å². The Bertz CT molecular complexity index is 1150. The Morgan fingerprint density at radius 3 is 2.47 bits per heavy atom. The van der Waals surface area contributed by atoms with Crippen LogP contribution in [0.1, 0.15) is 19.5 Å². The molecule has 0 aliphatic carbocycles. The van der Waals surface area contributed by atoms with E-state index in [1.807, 2.05) is 50.2 Å². The van der Waals surface area contributed by atoms with Gasteiger partial charge in [0.1, 0.15) is 11.5 Å². The van der Waals surface area contributed by atoms with E-state index in [1.54, 1.807) is 40.4 Å². The van der Waals surface area contributed by atoms with E-state index >= 15 is 0 Å². The highest BCUT2D eigenvalue weighted by atomic mass is 16.2. The number of benzene rings is 1. The fraction of sp³-hybridized carbons (Fsp3) is 0.208. The van der Waals surface area contributed by atoms with E-state index in [-0.39, 0.29) is 17.9 Å². The lowest BCUT2D eigenvalue weighted by Crippen LogP contribution is -2.36. The molecule has 2 N–H and O–H groups in total. The quantitative estimate of drug-likeness (QED) is 0.454. The normalized spacial score (nSPS) is 13.5. The second-order valence-corrected chi connectivity index (χ2v) is 7.73. The molecule has 3 aromatic rings. The van der Waals surface area contributed by atoms with Crippen LogP contribution in [0.25, 0.3) is 11.1 Å². The monoisotopic (exact) mass is 427 g/mol. The highest BCUT2D eigenvalue weighted by Gasteiger charge is 2.32. The molecule has 8 heteroatoms. The maximum Gasteiger partial charge on any atom is 0.330 e. The molecule has 1 fully saturated rings. The minimum absolute atomic E-state index is 0.0398. The summed E-state index contributed by atoms with van der Waals surface area (Å²) in [6, 6.07) is 16.9. The van der Waals surface area contributed by atoms with E-state index < -0.39 is 0 Å². The lowest BCUT2D eigenvalue weighted by Gasteiger charge is -2.24. The number of carbonyl (C=O) groups excluding carboxylic acids is 1. The predicted molar refractivity (Wildman–Crippen MR) is 127 cm³/mol. The molecular weight excluding hydrogens is 402 g/mol. The van der Waals surface area contributed by atoms with E-state index in [1.165, 1.54) is 4.90 Å². The summed E-state index contributed by atoms with van der Waals surface area (Å²) in [5.74, 6) is 0.629. The molecule has 4 rings (SSSR count). The molecule has 32 heavy (non-hydrogen) atoms. The van der Waals surface area contributed by atoms with Crippen molar-refractivity contribution in [1.82, 2.24) is 14.9 Å². The van der Waals surface area contributed by atoms with E-state index in [2.05, 4.69) is 9.97 Å². The zero-order valence-electron chi connectivity index (χ0n) is 18.1. The second-order valence-electron chi connectivity index (χ2n) is 7.73. The van der Waals surface area contributed by atoms with Crippen LogP contribution in [0.5, 0.6) is 0 Å². The van der Waals surface area contributed by atoms with Crippen LogP contribution in [-0.2, 0) is 0 Å².